The highest BCUT2D eigenvalue weighted by atomic mass is 35.5. The first-order valence-electron chi connectivity index (χ1n) is 15.0. The van der Waals surface area contributed by atoms with E-state index < -0.39 is 0 Å². The van der Waals surface area contributed by atoms with Gasteiger partial charge in [-0.3, -0.25) is 14.5 Å². The van der Waals surface area contributed by atoms with E-state index in [0.717, 1.165) is 111 Å². The van der Waals surface area contributed by atoms with E-state index in [4.69, 9.17) is 30.9 Å². The Morgan fingerprint density at radius 2 is 1.66 bits per heavy atom. The zero-order chi connectivity index (χ0) is 29.2. The Morgan fingerprint density at radius 1 is 0.927 bits per heavy atom. The van der Waals surface area contributed by atoms with Gasteiger partial charge in [-0.05, 0) is 50.1 Å². The third-order valence-electron chi connectivity index (χ3n) is 8.19. The minimum absolute atomic E-state index is 0.734. The minimum Gasteiger partial charge on any atom is -0.493 e. The average molecular weight is 586 g/mol. The third-order valence-corrected chi connectivity index (χ3v) is 8.60. The number of hydrogen-bond acceptors (Lipinski definition) is 7. The van der Waals surface area contributed by atoms with Crippen molar-refractivity contribution in [3.63, 3.8) is 0 Å². The van der Waals surface area contributed by atoms with Crippen LogP contribution in [-0.4, -0.2) is 93.3 Å². The van der Waals surface area contributed by atoms with E-state index in [9.17, 15) is 0 Å². The lowest BCUT2D eigenvalue weighted by molar-refractivity contribution is 0.167. The summed E-state index contributed by atoms with van der Waals surface area (Å²) in [5.41, 5.74) is 4.59. The molecule has 0 amide bonds. The van der Waals surface area contributed by atoms with Crippen LogP contribution in [-0.2, 0) is 17.8 Å². The summed E-state index contributed by atoms with van der Waals surface area (Å²) >= 11 is 6.39. The first kappa shape index (κ1) is 31.4. The van der Waals surface area contributed by atoms with E-state index in [1.165, 1.54) is 24.9 Å². The van der Waals surface area contributed by atoms with Crippen molar-refractivity contribution in [2.75, 3.05) is 78.6 Å². The van der Waals surface area contributed by atoms with Gasteiger partial charge >= 0.3 is 0 Å². The second kappa shape index (κ2) is 15.6. The molecule has 1 saturated heterocycles. The molecule has 1 fully saturated rings. The Hall–Kier alpha value is -2.52. The number of unbranched alkanes of at least 4 members (excludes halogenated alkanes) is 2. The Labute approximate surface area is 251 Å². The standard InChI is InChI=1S/C32H48ClN5O3/c1-6-7-8-13-36(14-10-21-39-3)24-28-26-22-31(40-4)32(41-5)23-30(26)38(34-28)20-17-35-15-18-37(19-16-35)29-12-9-11-27(33)25(29)2/h9,11-12,22-23H,6-8,10,13-21,24H2,1-5H3. The smallest absolute Gasteiger partial charge is 0.162 e. The molecule has 4 rings (SSSR count). The molecule has 1 aliphatic heterocycles. The van der Waals surface area contributed by atoms with Crippen molar-refractivity contribution in [3.8, 4) is 11.5 Å². The SMILES string of the molecule is CCCCCN(CCCOC)Cc1nn(CCN2CCN(c3cccc(Cl)c3C)CC2)c2cc(OC)c(OC)cc12. The fraction of sp³-hybridized carbons (Fsp3) is 0.594. The number of methoxy groups -OCH3 is 3. The van der Waals surface area contributed by atoms with E-state index in [2.05, 4.69) is 51.4 Å². The fourth-order valence-corrected chi connectivity index (χ4v) is 5.91. The summed E-state index contributed by atoms with van der Waals surface area (Å²) in [4.78, 5) is 7.51. The topological polar surface area (TPSA) is 55.2 Å². The van der Waals surface area contributed by atoms with Gasteiger partial charge in [-0.2, -0.15) is 5.10 Å². The van der Waals surface area contributed by atoms with Crippen LogP contribution in [0.2, 0.25) is 5.02 Å². The monoisotopic (exact) mass is 585 g/mol. The molecule has 0 atom stereocenters. The van der Waals surface area contributed by atoms with Crippen molar-refractivity contribution in [2.24, 2.45) is 0 Å². The zero-order valence-corrected chi connectivity index (χ0v) is 26.4. The summed E-state index contributed by atoms with van der Waals surface area (Å²) in [6, 6.07) is 10.4. The molecular formula is C32H48ClN5O3. The fourth-order valence-electron chi connectivity index (χ4n) is 5.74. The number of rotatable bonds is 16. The van der Waals surface area contributed by atoms with Crippen molar-refractivity contribution in [1.29, 1.82) is 0 Å². The second-order valence-electron chi connectivity index (χ2n) is 10.9. The molecule has 0 N–H and O–H groups in total. The molecule has 0 radical (unpaired) electrons. The van der Waals surface area contributed by atoms with Gasteiger partial charge in [-0.15, -0.1) is 0 Å². The van der Waals surface area contributed by atoms with Crippen LogP contribution in [0.5, 0.6) is 11.5 Å². The van der Waals surface area contributed by atoms with Crippen LogP contribution in [0, 0.1) is 6.92 Å². The van der Waals surface area contributed by atoms with Gasteiger partial charge in [0.25, 0.3) is 0 Å². The molecule has 3 aromatic rings. The molecule has 0 unspecified atom stereocenters. The van der Waals surface area contributed by atoms with Crippen LogP contribution in [0.4, 0.5) is 5.69 Å². The molecular weight excluding hydrogens is 538 g/mol. The van der Waals surface area contributed by atoms with Crippen LogP contribution in [0.1, 0.15) is 43.9 Å². The van der Waals surface area contributed by atoms with Crippen molar-refractivity contribution >= 4 is 28.2 Å². The molecule has 1 aliphatic rings. The third kappa shape index (κ3) is 8.07. The Balaban J connectivity index is 1.49. The second-order valence-corrected chi connectivity index (χ2v) is 11.3. The molecule has 0 bridgehead atoms. The predicted molar refractivity (Wildman–Crippen MR) is 169 cm³/mol. The van der Waals surface area contributed by atoms with Crippen LogP contribution >= 0.6 is 11.6 Å². The maximum atomic E-state index is 6.39. The molecule has 1 aromatic heterocycles. The highest BCUT2D eigenvalue weighted by molar-refractivity contribution is 6.31. The largest absolute Gasteiger partial charge is 0.493 e. The van der Waals surface area contributed by atoms with Gasteiger partial charge in [0.05, 0.1) is 32.0 Å². The summed E-state index contributed by atoms with van der Waals surface area (Å²) in [5, 5.41) is 7.16. The summed E-state index contributed by atoms with van der Waals surface area (Å²) in [7, 11) is 5.16. The lowest BCUT2D eigenvalue weighted by atomic mass is 10.1. The maximum Gasteiger partial charge on any atom is 0.162 e. The van der Waals surface area contributed by atoms with Crippen molar-refractivity contribution < 1.29 is 14.2 Å². The van der Waals surface area contributed by atoms with Crippen molar-refractivity contribution in [2.45, 2.75) is 52.6 Å². The maximum absolute atomic E-state index is 6.39. The number of fused-ring (bicyclic) bond motifs is 1. The van der Waals surface area contributed by atoms with Crippen molar-refractivity contribution in [1.82, 2.24) is 19.6 Å². The van der Waals surface area contributed by atoms with Gasteiger partial charge in [0.1, 0.15) is 0 Å². The molecule has 9 heteroatoms. The zero-order valence-electron chi connectivity index (χ0n) is 25.6. The quantitative estimate of drug-likeness (QED) is 0.195. The summed E-state index contributed by atoms with van der Waals surface area (Å²) in [6.45, 7) is 13.8. The van der Waals surface area contributed by atoms with E-state index >= 15 is 0 Å². The Bertz CT molecular complexity index is 1230. The van der Waals surface area contributed by atoms with Crippen LogP contribution in [0.15, 0.2) is 30.3 Å². The average Bonchev–Trinajstić information content (AvgIpc) is 3.32. The Kier molecular flexibility index (Phi) is 12.0. The van der Waals surface area contributed by atoms with Gasteiger partial charge in [-0.25, -0.2) is 0 Å². The van der Waals surface area contributed by atoms with Gasteiger partial charge < -0.3 is 19.1 Å². The predicted octanol–water partition coefficient (Wildman–Crippen LogP) is 5.87. The number of halogens is 1. The molecule has 0 aliphatic carbocycles. The number of benzene rings is 2. The van der Waals surface area contributed by atoms with E-state index in [-0.39, 0.29) is 0 Å². The lowest BCUT2D eigenvalue weighted by Crippen LogP contribution is -2.47. The molecule has 2 aromatic carbocycles. The number of piperazine rings is 1. The number of ether oxygens (including phenoxy) is 3. The van der Waals surface area contributed by atoms with Gasteiger partial charge in [-0.1, -0.05) is 37.4 Å². The Morgan fingerprint density at radius 3 is 2.37 bits per heavy atom. The number of anilines is 1. The van der Waals surface area contributed by atoms with Gasteiger partial charge in [0.2, 0.25) is 0 Å². The molecule has 8 nitrogen and oxygen atoms in total. The molecule has 41 heavy (non-hydrogen) atoms. The van der Waals surface area contributed by atoms with E-state index in [1.54, 1.807) is 21.3 Å². The molecule has 2 heterocycles. The van der Waals surface area contributed by atoms with Crippen molar-refractivity contribution in [3.05, 3.63) is 46.6 Å². The highest BCUT2D eigenvalue weighted by Gasteiger charge is 2.21. The first-order valence-corrected chi connectivity index (χ1v) is 15.4. The highest BCUT2D eigenvalue weighted by Crippen LogP contribution is 2.34. The first-order chi connectivity index (χ1) is 20.0. The summed E-state index contributed by atoms with van der Waals surface area (Å²) in [5.74, 6) is 1.48. The number of nitrogens with zero attached hydrogens (tertiary/aromatic N) is 5. The van der Waals surface area contributed by atoms with Crippen LogP contribution in [0.25, 0.3) is 10.9 Å². The molecule has 0 spiro atoms. The summed E-state index contributed by atoms with van der Waals surface area (Å²) < 4.78 is 18.9. The van der Waals surface area contributed by atoms with Gasteiger partial charge in [0.15, 0.2) is 11.5 Å². The lowest BCUT2D eigenvalue weighted by Gasteiger charge is -2.37. The van der Waals surface area contributed by atoms with Crippen LogP contribution < -0.4 is 14.4 Å². The van der Waals surface area contributed by atoms with E-state index in [1.807, 2.05) is 12.1 Å². The normalized spacial score (nSPS) is 14.4. The van der Waals surface area contributed by atoms with Crippen LogP contribution in [0.3, 0.4) is 0 Å². The molecule has 0 saturated carbocycles. The van der Waals surface area contributed by atoms with Gasteiger partial charge in [0, 0.05) is 81.7 Å². The summed E-state index contributed by atoms with van der Waals surface area (Å²) in [6.07, 6.45) is 4.66. The minimum atomic E-state index is 0.734. The number of hydrogen-bond donors (Lipinski definition) is 0. The molecule has 226 valence electrons. The van der Waals surface area contributed by atoms with E-state index in [0.29, 0.717) is 0 Å². The number of aromatic nitrogens is 2.